The first-order chi connectivity index (χ1) is 10.0. The number of aliphatic hydroxyl groups is 1. The smallest absolute Gasteiger partial charge is 0.0772 e. The topological polar surface area (TPSA) is 32.3 Å². The molecule has 0 amide bonds. The lowest BCUT2D eigenvalue weighted by molar-refractivity contribution is -0.00783. The molecule has 0 aromatic heterocycles. The number of aryl methyl sites for hydroxylation is 1. The van der Waals surface area contributed by atoms with E-state index in [1.54, 1.807) is 0 Å². The van der Waals surface area contributed by atoms with E-state index in [-0.39, 0.29) is 0 Å². The zero-order valence-electron chi connectivity index (χ0n) is 13.9. The van der Waals surface area contributed by atoms with E-state index >= 15 is 0 Å². The van der Waals surface area contributed by atoms with Gasteiger partial charge in [0.1, 0.15) is 0 Å². The number of rotatable bonds is 6. The van der Waals surface area contributed by atoms with E-state index in [4.69, 9.17) is 0 Å². The Hall–Kier alpha value is -0.860. The number of nitrogens with one attached hydrogen (secondary N) is 1. The average Bonchev–Trinajstić information content (AvgIpc) is 2.49. The van der Waals surface area contributed by atoms with Crippen LogP contribution >= 0.6 is 0 Å². The predicted octanol–water partition coefficient (Wildman–Crippen LogP) is 4.23. The Balaban J connectivity index is 1.85. The van der Waals surface area contributed by atoms with Crippen LogP contribution in [0.1, 0.15) is 70.0 Å². The van der Waals surface area contributed by atoms with Crippen molar-refractivity contribution >= 4 is 0 Å². The molecule has 0 saturated heterocycles. The number of benzene rings is 1. The van der Waals surface area contributed by atoms with Crippen molar-refractivity contribution in [3.05, 3.63) is 35.4 Å². The van der Waals surface area contributed by atoms with Gasteiger partial charge in [0.2, 0.25) is 0 Å². The number of hydrogen-bond acceptors (Lipinski definition) is 2. The first-order valence-electron chi connectivity index (χ1n) is 8.57. The van der Waals surface area contributed by atoms with Crippen molar-refractivity contribution in [1.82, 2.24) is 5.32 Å². The lowest BCUT2D eigenvalue weighted by Crippen LogP contribution is -2.44. The third kappa shape index (κ3) is 4.82. The van der Waals surface area contributed by atoms with E-state index in [2.05, 4.69) is 50.4 Å². The van der Waals surface area contributed by atoms with Crippen LogP contribution in [0.15, 0.2) is 24.3 Å². The molecular formula is C19H31NO. The second-order valence-corrected chi connectivity index (χ2v) is 7.00. The van der Waals surface area contributed by atoms with Crippen LogP contribution < -0.4 is 5.32 Å². The van der Waals surface area contributed by atoms with Crippen molar-refractivity contribution in [2.24, 2.45) is 5.92 Å². The molecule has 0 bridgehead atoms. The maximum Gasteiger partial charge on any atom is 0.0772 e. The summed E-state index contributed by atoms with van der Waals surface area (Å²) in [5, 5.41) is 14.2. The van der Waals surface area contributed by atoms with Gasteiger partial charge in [0.15, 0.2) is 0 Å². The van der Waals surface area contributed by atoms with Crippen molar-refractivity contribution in [3.8, 4) is 0 Å². The zero-order valence-corrected chi connectivity index (χ0v) is 13.9. The molecule has 21 heavy (non-hydrogen) atoms. The highest BCUT2D eigenvalue weighted by Gasteiger charge is 2.31. The summed E-state index contributed by atoms with van der Waals surface area (Å²) in [4.78, 5) is 0. The van der Waals surface area contributed by atoms with Crippen LogP contribution in [0.2, 0.25) is 0 Å². The van der Waals surface area contributed by atoms with Crippen molar-refractivity contribution in [2.45, 2.75) is 70.9 Å². The van der Waals surface area contributed by atoms with E-state index in [1.165, 1.54) is 17.5 Å². The molecule has 1 aliphatic carbocycles. The maximum atomic E-state index is 10.6. The summed E-state index contributed by atoms with van der Waals surface area (Å²) in [6.07, 6.45) is 6.52. The van der Waals surface area contributed by atoms with Gasteiger partial charge < -0.3 is 10.4 Å². The molecule has 2 N–H and O–H groups in total. The van der Waals surface area contributed by atoms with Gasteiger partial charge in [-0.2, -0.15) is 0 Å². The second kappa shape index (κ2) is 7.42. The lowest BCUT2D eigenvalue weighted by Gasteiger charge is -2.36. The molecule has 0 heterocycles. The molecule has 0 spiro atoms. The van der Waals surface area contributed by atoms with Gasteiger partial charge >= 0.3 is 0 Å². The van der Waals surface area contributed by atoms with E-state index in [0.717, 1.165) is 38.0 Å². The Kier molecular flexibility index (Phi) is 5.83. The summed E-state index contributed by atoms with van der Waals surface area (Å²) in [7, 11) is 0. The molecule has 0 radical (unpaired) electrons. The molecule has 2 rings (SSSR count). The van der Waals surface area contributed by atoms with Crippen molar-refractivity contribution in [2.75, 3.05) is 6.54 Å². The van der Waals surface area contributed by atoms with Gasteiger partial charge in [-0.15, -0.1) is 0 Å². The van der Waals surface area contributed by atoms with Gasteiger partial charge in [-0.3, -0.25) is 0 Å². The highest BCUT2D eigenvalue weighted by Crippen LogP contribution is 2.31. The highest BCUT2D eigenvalue weighted by molar-refractivity contribution is 5.24. The monoisotopic (exact) mass is 289 g/mol. The summed E-state index contributed by atoms with van der Waals surface area (Å²) in [5.74, 6) is 0.772. The van der Waals surface area contributed by atoms with Gasteiger partial charge in [0.05, 0.1) is 5.60 Å². The van der Waals surface area contributed by atoms with Gasteiger partial charge in [-0.05, 0) is 56.1 Å². The lowest BCUT2D eigenvalue weighted by atomic mass is 9.79. The predicted molar refractivity (Wildman–Crippen MR) is 89.4 cm³/mol. The van der Waals surface area contributed by atoms with E-state index < -0.39 is 5.60 Å². The minimum atomic E-state index is -0.497. The summed E-state index contributed by atoms with van der Waals surface area (Å²) >= 11 is 0. The summed E-state index contributed by atoms with van der Waals surface area (Å²) in [6.45, 7) is 7.39. The molecule has 0 aliphatic heterocycles. The largest absolute Gasteiger partial charge is 0.389 e. The number of hydrogen-bond donors (Lipinski definition) is 2. The molecule has 1 aliphatic rings. The van der Waals surface area contributed by atoms with Crippen LogP contribution in [0, 0.1) is 5.92 Å². The van der Waals surface area contributed by atoms with Crippen molar-refractivity contribution in [1.29, 1.82) is 0 Å². The normalized spacial score (nSPS) is 27.5. The minimum Gasteiger partial charge on any atom is -0.389 e. The summed E-state index contributed by atoms with van der Waals surface area (Å²) in [6, 6.07) is 9.19. The van der Waals surface area contributed by atoms with Crippen LogP contribution in [0.5, 0.6) is 0 Å². The van der Waals surface area contributed by atoms with Gasteiger partial charge in [-0.25, -0.2) is 0 Å². The minimum absolute atomic E-state index is 0.295. The van der Waals surface area contributed by atoms with E-state index in [1.807, 2.05) is 0 Å². The fraction of sp³-hybridized carbons (Fsp3) is 0.684. The van der Waals surface area contributed by atoms with Gasteiger partial charge in [0.25, 0.3) is 0 Å². The zero-order chi connectivity index (χ0) is 15.3. The summed E-state index contributed by atoms with van der Waals surface area (Å²) < 4.78 is 0. The average molecular weight is 289 g/mol. The highest BCUT2D eigenvalue weighted by atomic mass is 16.3. The molecule has 2 nitrogen and oxygen atoms in total. The fourth-order valence-corrected chi connectivity index (χ4v) is 3.20. The van der Waals surface area contributed by atoms with E-state index in [9.17, 15) is 5.11 Å². The first kappa shape index (κ1) is 16.5. The van der Waals surface area contributed by atoms with Crippen LogP contribution in [0.25, 0.3) is 0 Å². The van der Waals surface area contributed by atoms with Crippen LogP contribution in [-0.4, -0.2) is 17.3 Å². The van der Waals surface area contributed by atoms with Gasteiger partial charge in [0, 0.05) is 12.6 Å². The Bertz CT molecular complexity index is 418. The second-order valence-electron chi connectivity index (χ2n) is 7.00. The first-order valence-corrected chi connectivity index (χ1v) is 8.57. The molecular weight excluding hydrogens is 258 g/mol. The SMILES string of the molecule is CCCc1ccc(C(C)NCC2(O)CCC(C)CC2)cc1. The van der Waals surface area contributed by atoms with Crippen LogP contribution in [0.3, 0.4) is 0 Å². The standard InChI is InChI=1S/C19H31NO/c1-4-5-17-6-8-18(9-7-17)16(3)20-14-19(21)12-10-15(2)11-13-19/h6-9,15-16,20-21H,4-5,10-14H2,1-3H3. The third-order valence-corrected chi connectivity index (χ3v) is 4.96. The molecule has 1 fully saturated rings. The molecule has 118 valence electrons. The Morgan fingerprint density at radius 3 is 2.43 bits per heavy atom. The quantitative estimate of drug-likeness (QED) is 0.821. The third-order valence-electron chi connectivity index (χ3n) is 4.96. The Labute approximate surface area is 130 Å². The molecule has 1 aromatic carbocycles. The van der Waals surface area contributed by atoms with Crippen LogP contribution in [-0.2, 0) is 6.42 Å². The maximum absolute atomic E-state index is 10.6. The Morgan fingerprint density at radius 1 is 1.24 bits per heavy atom. The van der Waals surface area contributed by atoms with Gasteiger partial charge in [-0.1, -0.05) is 44.5 Å². The van der Waals surface area contributed by atoms with E-state index in [0.29, 0.717) is 12.6 Å². The molecule has 1 unspecified atom stereocenters. The summed E-state index contributed by atoms with van der Waals surface area (Å²) in [5.41, 5.74) is 2.22. The van der Waals surface area contributed by atoms with Crippen molar-refractivity contribution in [3.63, 3.8) is 0 Å². The van der Waals surface area contributed by atoms with Crippen molar-refractivity contribution < 1.29 is 5.11 Å². The molecule has 2 heteroatoms. The molecule has 1 aromatic rings. The fourth-order valence-electron chi connectivity index (χ4n) is 3.20. The van der Waals surface area contributed by atoms with Crippen LogP contribution in [0.4, 0.5) is 0 Å². The molecule has 1 saturated carbocycles. The molecule has 1 atom stereocenters. The Morgan fingerprint density at radius 2 is 1.86 bits per heavy atom.